The third-order valence-electron chi connectivity index (χ3n) is 19.8. The molecule has 102 heavy (non-hydrogen) atoms. The first kappa shape index (κ1) is 100. The third kappa shape index (κ3) is 74.9. The fourth-order valence-electron chi connectivity index (χ4n) is 12.9. The van der Waals surface area contributed by atoms with Crippen molar-refractivity contribution < 1.29 is 80.2 Å². The number of hydrogen-bond donors (Lipinski definition) is 3. The van der Waals surface area contributed by atoms with Gasteiger partial charge in [-0.3, -0.25) is 37.3 Å². The van der Waals surface area contributed by atoms with E-state index in [1.54, 1.807) is 0 Å². The summed E-state index contributed by atoms with van der Waals surface area (Å²) in [5, 5.41) is 10.7. The zero-order valence-corrected chi connectivity index (χ0v) is 68.7. The summed E-state index contributed by atoms with van der Waals surface area (Å²) in [6.45, 7) is 9.63. The van der Waals surface area contributed by atoms with Crippen LogP contribution < -0.4 is 0 Å². The molecule has 3 unspecified atom stereocenters. The molecular formula is C83H162O17P2. The molecule has 0 aromatic heterocycles. The van der Waals surface area contributed by atoms with E-state index >= 15 is 0 Å². The molecule has 0 aliphatic rings. The van der Waals surface area contributed by atoms with Gasteiger partial charge in [-0.1, -0.05) is 388 Å². The lowest BCUT2D eigenvalue weighted by molar-refractivity contribution is -0.161. The molecule has 6 atom stereocenters. The number of unbranched alkanes of at least 4 members (excludes halogenated alkanes) is 51. The molecule has 0 radical (unpaired) electrons. The smallest absolute Gasteiger partial charge is 0.462 e. The number of carbonyl (C=O) groups excluding carboxylic acids is 4. The van der Waals surface area contributed by atoms with Crippen LogP contribution in [0.1, 0.15) is 440 Å². The molecule has 17 nitrogen and oxygen atoms in total. The van der Waals surface area contributed by atoms with E-state index in [0.717, 1.165) is 102 Å². The van der Waals surface area contributed by atoms with Gasteiger partial charge in [0, 0.05) is 25.7 Å². The first-order valence-electron chi connectivity index (χ1n) is 43.0. The lowest BCUT2D eigenvalue weighted by atomic mass is 9.99. The molecular weight excluding hydrogens is 1330 g/mol. The van der Waals surface area contributed by atoms with Crippen LogP contribution in [0.4, 0.5) is 0 Å². The van der Waals surface area contributed by atoms with Crippen LogP contribution >= 0.6 is 15.6 Å². The Bertz CT molecular complexity index is 1960. The lowest BCUT2D eigenvalue weighted by Crippen LogP contribution is -2.30. The molecule has 0 fully saturated rings. The maximum Gasteiger partial charge on any atom is 0.472 e. The van der Waals surface area contributed by atoms with Gasteiger partial charge < -0.3 is 33.8 Å². The number of phosphoric acid groups is 2. The van der Waals surface area contributed by atoms with Crippen LogP contribution in [0.15, 0.2) is 0 Å². The average Bonchev–Trinajstić information content (AvgIpc) is 1.08. The van der Waals surface area contributed by atoms with Crippen LogP contribution in [-0.2, 0) is 65.4 Å². The largest absolute Gasteiger partial charge is 0.472 e. The predicted octanol–water partition coefficient (Wildman–Crippen LogP) is 25.1. The first-order chi connectivity index (χ1) is 49.4. The maximum atomic E-state index is 13.1. The minimum Gasteiger partial charge on any atom is -0.462 e. The Morgan fingerprint density at radius 1 is 0.284 bits per heavy atom. The van der Waals surface area contributed by atoms with Gasteiger partial charge in [0.25, 0.3) is 0 Å². The summed E-state index contributed by atoms with van der Waals surface area (Å²) in [4.78, 5) is 73.1. The van der Waals surface area contributed by atoms with Gasteiger partial charge in [-0.05, 0) is 37.5 Å². The number of hydrogen-bond acceptors (Lipinski definition) is 15. The Labute approximate surface area is 626 Å². The van der Waals surface area contributed by atoms with E-state index < -0.39 is 97.5 Å². The molecule has 0 spiro atoms. The molecule has 0 amide bonds. The first-order valence-corrected chi connectivity index (χ1v) is 46.0. The van der Waals surface area contributed by atoms with E-state index in [9.17, 15) is 43.2 Å². The van der Waals surface area contributed by atoms with Crippen molar-refractivity contribution in [2.45, 2.75) is 458 Å². The van der Waals surface area contributed by atoms with Gasteiger partial charge in [0.15, 0.2) is 12.2 Å². The predicted molar refractivity (Wildman–Crippen MR) is 418 cm³/mol. The van der Waals surface area contributed by atoms with Gasteiger partial charge in [0.05, 0.1) is 26.4 Å². The monoisotopic (exact) mass is 1490 g/mol. The number of esters is 4. The van der Waals surface area contributed by atoms with Crippen LogP contribution in [-0.4, -0.2) is 96.7 Å². The number of phosphoric ester groups is 2. The molecule has 0 bridgehead atoms. The molecule has 3 N–H and O–H groups in total. The lowest BCUT2D eigenvalue weighted by Gasteiger charge is -2.21. The summed E-state index contributed by atoms with van der Waals surface area (Å²) in [5.74, 6) is -0.578. The van der Waals surface area contributed by atoms with Crippen LogP contribution in [0.3, 0.4) is 0 Å². The molecule has 0 saturated carbocycles. The van der Waals surface area contributed by atoms with Gasteiger partial charge in [-0.15, -0.1) is 0 Å². The van der Waals surface area contributed by atoms with Crippen molar-refractivity contribution in [2.75, 3.05) is 39.6 Å². The second-order valence-electron chi connectivity index (χ2n) is 30.6. The quantitative estimate of drug-likeness (QED) is 0.0222. The van der Waals surface area contributed by atoms with Crippen LogP contribution in [0.5, 0.6) is 0 Å². The van der Waals surface area contributed by atoms with Gasteiger partial charge in [0.1, 0.15) is 19.3 Å². The van der Waals surface area contributed by atoms with E-state index in [4.69, 9.17) is 37.0 Å². The topological polar surface area (TPSA) is 237 Å². The van der Waals surface area contributed by atoms with Crippen molar-refractivity contribution in [3.63, 3.8) is 0 Å². The number of carbonyl (C=O) groups is 4. The Kier molecular flexibility index (Phi) is 73.1. The highest BCUT2D eigenvalue weighted by atomic mass is 31.2. The summed E-state index contributed by atoms with van der Waals surface area (Å²) in [5.41, 5.74) is 0. The normalized spacial score (nSPS) is 14.1. The number of rotatable bonds is 82. The SMILES string of the molecule is CCCCCCCCCCCCCCCCCCCCCCCCC(=O)O[C@H](COC(=O)CCCCCCCCCCCCCCCCC)COP(=O)(O)OC[C@@H](O)COP(=O)(O)OC[C@@H](COC(=O)CCCCCCCCCCC(C)C)OC(=O)CCCCCCCCCCCCC(C)CC. The average molecular weight is 1490 g/mol. The van der Waals surface area contributed by atoms with Gasteiger partial charge >= 0.3 is 39.5 Å². The number of aliphatic hydroxyl groups excluding tert-OH is 1. The molecule has 0 heterocycles. The van der Waals surface area contributed by atoms with Gasteiger partial charge in [-0.2, -0.15) is 0 Å². The Morgan fingerprint density at radius 2 is 0.500 bits per heavy atom. The molecule has 606 valence electrons. The van der Waals surface area contributed by atoms with Crippen molar-refractivity contribution in [2.24, 2.45) is 11.8 Å². The second kappa shape index (κ2) is 74.5. The zero-order chi connectivity index (χ0) is 74.9. The zero-order valence-electron chi connectivity index (χ0n) is 66.9. The minimum absolute atomic E-state index is 0.106. The summed E-state index contributed by atoms with van der Waals surface area (Å²) in [7, 11) is -9.92. The summed E-state index contributed by atoms with van der Waals surface area (Å²) in [6, 6.07) is 0. The van der Waals surface area contributed by atoms with Gasteiger partial charge in [-0.25, -0.2) is 9.13 Å². The third-order valence-corrected chi connectivity index (χ3v) is 21.7. The molecule has 0 rings (SSSR count). The van der Waals surface area contributed by atoms with Crippen molar-refractivity contribution in [1.29, 1.82) is 0 Å². The van der Waals surface area contributed by atoms with Crippen molar-refractivity contribution >= 4 is 39.5 Å². The van der Waals surface area contributed by atoms with Crippen molar-refractivity contribution in [3.05, 3.63) is 0 Å². The highest BCUT2D eigenvalue weighted by Gasteiger charge is 2.30. The van der Waals surface area contributed by atoms with Crippen molar-refractivity contribution in [1.82, 2.24) is 0 Å². The summed E-state index contributed by atoms with van der Waals surface area (Å²) < 4.78 is 68.8. The Balaban J connectivity index is 5.22. The van der Waals surface area contributed by atoms with Crippen molar-refractivity contribution in [3.8, 4) is 0 Å². The fraction of sp³-hybridized carbons (Fsp3) is 0.952. The number of ether oxygens (including phenoxy) is 4. The van der Waals surface area contributed by atoms with Crippen LogP contribution in [0.2, 0.25) is 0 Å². The molecule has 0 aromatic carbocycles. The van der Waals surface area contributed by atoms with Crippen LogP contribution in [0.25, 0.3) is 0 Å². The molecule has 0 aromatic rings. The van der Waals surface area contributed by atoms with E-state index in [1.165, 1.54) is 257 Å². The molecule has 0 aliphatic carbocycles. The number of aliphatic hydroxyl groups is 1. The van der Waals surface area contributed by atoms with Crippen LogP contribution in [0, 0.1) is 11.8 Å². The molecule has 0 aliphatic heterocycles. The highest BCUT2D eigenvalue weighted by molar-refractivity contribution is 7.47. The fourth-order valence-corrected chi connectivity index (χ4v) is 14.4. The highest BCUT2D eigenvalue weighted by Crippen LogP contribution is 2.45. The van der Waals surface area contributed by atoms with E-state index in [1.807, 2.05) is 0 Å². The maximum absolute atomic E-state index is 13.1. The second-order valence-corrected chi connectivity index (χ2v) is 33.5. The summed E-state index contributed by atoms with van der Waals surface area (Å²) in [6.07, 6.45) is 65.3. The van der Waals surface area contributed by atoms with E-state index in [2.05, 4.69) is 41.5 Å². The molecule has 19 heteroatoms. The molecule has 0 saturated heterocycles. The Hall–Kier alpha value is -1.94. The van der Waals surface area contributed by atoms with E-state index in [0.29, 0.717) is 25.7 Å². The minimum atomic E-state index is -4.96. The standard InChI is InChI=1S/C83H162O17P2/c1-7-10-12-14-16-18-20-22-24-25-26-27-28-29-30-32-34-36-41-49-55-61-67-82(87)99-78(71-93-80(85)65-59-53-47-40-35-33-31-23-21-19-17-15-13-11-8-2)73-97-101(89,90)95-69-77(84)70-96-102(91,92)98-74-79(72-94-81(86)66-60-54-48-44-43-45-51-57-63-75(4)5)100-83(88)68-62-56-50-42-38-37-39-46-52-58-64-76(6)9-3/h75-79,84H,7-74H2,1-6H3,(H,89,90)(H,91,92)/t76?,77-,78-,79-/m1/s1. The van der Waals surface area contributed by atoms with Gasteiger partial charge in [0.2, 0.25) is 0 Å². The van der Waals surface area contributed by atoms with E-state index in [-0.39, 0.29) is 25.7 Å². The Morgan fingerprint density at radius 3 is 0.745 bits per heavy atom. The summed E-state index contributed by atoms with van der Waals surface area (Å²) >= 11 is 0.